The molecule has 0 unspecified atom stereocenters. The van der Waals surface area contributed by atoms with E-state index in [0.29, 0.717) is 6.61 Å². The topological polar surface area (TPSA) is 29.5 Å². The summed E-state index contributed by atoms with van der Waals surface area (Å²) in [4.78, 5) is 0. The number of thioether (sulfide) groups is 1. The Morgan fingerprint density at radius 3 is 2.43 bits per heavy atom. The predicted molar refractivity (Wildman–Crippen MR) is 67.6 cm³/mol. The fourth-order valence-corrected chi connectivity index (χ4v) is 4.43. The van der Waals surface area contributed by atoms with Crippen LogP contribution in [0.3, 0.4) is 0 Å². The average Bonchev–Trinajstić information content (AvgIpc) is 2.11. The van der Waals surface area contributed by atoms with Crippen molar-refractivity contribution in [1.29, 1.82) is 0 Å². The van der Waals surface area contributed by atoms with Gasteiger partial charge in [-0.2, -0.15) is 11.8 Å². The van der Waals surface area contributed by atoms with Crippen LogP contribution in [0.4, 0.5) is 0 Å². The third kappa shape index (κ3) is 9.06. The van der Waals surface area contributed by atoms with Crippen LogP contribution in [0.25, 0.3) is 0 Å². The van der Waals surface area contributed by atoms with Crippen molar-refractivity contribution in [1.82, 2.24) is 0 Å². The lowest BCUT2D eigenvalue weighted by Gasteiger charge is -2.21. The molecule has 0 aromatic carbocycles. The minimum atomic E-state index is -1.33. The van der Waals surface area contributed by atoms with Crippen molar-refractivity contribution < 1.29 is 9.53 Å². The molecule has 14 heavy (non-hydrogen) atoms. The average molecular weight is 236 g/mol. The minimum absolute atomic E-state index is 0.326. The van der Waals surface area contributed by atoms with E-state index >= 15 is 0 Å². The Hall–Kier alpha value is 0.487. The van der Waals surface area contributed by atoms with Gasteiger partial charge in [0.15, 0.2) is 8.32 Å². The van der Waals surface area contributed by atoms with E-state index in [4.69, 9.17) is 9.53 Å². The second-order valence-electron chi connectivity index (χ2n) is 3.99. The fraction of sp³-hybridized carbons (Fsp3) is 1.00. The number of aliphatic hydroxyl groups is 1. The zero-order chi connectivity index (χ0) is 10.9. The lowest BCUT2D eigenvalue weighted by molar-refractivity contribution is 0.296. The van der Waals surface area contributed by atoms with Crippen molar-refractivity contribution in [3.05, 3.63) is 0 Å². The number of rotatable bonds is 9. The van der Waals surface area contributed by atoms with Gasteiger partial charge in [-0.1, -0.05) is 0 Å². The molecule has 0 atom stereocenters. The van der Waals surface area contributed by atoms with Crippen LogP contribution in [0.2, 0.25) is 19.1 Å². The molecule has 0 aromatic heterocycles. The standard InChI is InChI=1S/C10H24O2SSi/c1-4-12-14(2,3)10-6-9-13-8-5-7-11/h11H,4-10H2,1-3H3. The maximum absolute atomic E-state index is 8.60. The van der Waals surface area contributed by atoms with Crippen LogP contribution in [0.15, 0.2) is 0 Å². The lowest BCUT2D eigenvalue weighted by atomic mass is 10.5. The van der Waals surface area contributed by atoms with Crippen LogP contribution in [0, 0.1) is 0 Å². The maximum Gasteiger partial charge on any atom is 0.186 e. The number of hydrogen-bond donors (Lipinski definition) is 1. The molecule has 0 rings (SSSR count). The molecule has 0 saturated carbocycles. The van der Waals surface area contributed by atoms with Gasteiger partial charge in [0, 0.05) is 13.2 Å². The van der Waals surface area contributed by atoms with Crippen molar-refractivity contribution in [3.8, 4) is 0 Å². The molecule has 0 heterocycles. The quantitative estimate of drug-likeness (QED) is 0.493. The number of hydrogen-bond acceptors (Lipinski definition) is 3. The van der Waals surface area contributed by atoms with Crippen molar-refractivity contribution in [2.45, 2.75) is 38.9 Å². The van der Waals surface area contributed by atoms with Crippen molar-refractivity contribution in [3.63, 3.8) is 0 Å². The predicted octanol–water partition coefficient (Wildman–Crippen LogP) is 2.73. The van der Waals surface area contributed by atoms with Gasteiger partial charge in [-0.25, -0.2) is 0 Å². The molecule has 0 saturated heterocycles. The molecule has 86 valence electrons. The zero-order valence-corrected chi connectivity index (χ0v) is 11.5. The molecule has 0 aliphatic rings. The van der Waals surface area contributed by atoms with Crippen molar-refractivity contribution >= 4 is 20.1 Å². The summed E-state index contributed by atoms with van der Waals surface area (Å²) in [6, 6.07) is 1.26. The van der Waals surface area contributed by atoms with Gasteiger partial charge >= 0.3 is 0 Å². The molecule has 0 aliphatic heterocycles. The Bertz CT molecular complexity index is 131. The van der Waals surface area contributed by atoms with E-state index in [0.717, 1.165) is 18.8 Å². The van der Waals surface area contributed by atoms with Gasteiger partial charge in [0.05, 0.1) is 0 Å². The Labute approximate surface area is 93.6 Å². The van der Waals surface area contributed by atoms with Gasteiger partial charge in [0.25, 0.3) is 0 Å². The van der Waals surface area contributed by atoms with Gasteiger partial charge in [0.2, 0.25) is 0 Å². The van der Waals surface area contributed by atoms with E-state index in [9.17, 15) is 0 Å². The molecule has 0 aromatic rings. The third-order valence-electron chi connectivity index (χ3n) is 2.05. The van der Waals surface area contributed by atoms with E-state index in [1.165, 1.54) is 18.2 Å². The summed E-state index contributed by atoms with van der Waals surface area (Å²) < 4.78 is 5.75. The van der Waals surface area contributed by atoms with Crippen LogP contribution in [-0.4, -0.2) is 38.1 Å². The van der Waals surface area contributed by atoms with Crippen LogP contribution >= 0.6 is 11.8 Å². The summed E-state index contributed by atoms with van der Waals surface area (Å²) in [7, 11) is -1.33. The minimum Gasteiger partial charge on any atom is -0.418 e. The van der Waals surface area contributed by atoms with E-state index in [1.807, 2.05) is 11.8 Å². The summed E-state index contributed by atoms with van der Waals surface area (Å²) in [5.41, 5.74) is 0. The molecular formula is C10H24O2SSi. The Kier molecular flexibility index (Phi) is 9.07. The van der Waals surface area contributed by atoms with E-state index < -0.39 is 8.32 Å². The largest absolute Gasteiger partial charge is 0.418 e. The second kappa shape index (κ2) is 8.77. The van der Waals surface area contributed by atoms with Crippen molar-refractivity contribution in [2.24, 2.45) is 0 Å². The highest BCUT2D eigenvalue weighted by Crippen LogP contribution is 2.16. The summed E-state index contributed by atoms with van der Waals surface area (Å²) in [6.45, 7) is 7.83. The first kappa shape index (κ1) is 14.5. The second-order valence-corrected chi connectivity index (χ2v) is 9.52. The van der Waals surface area contributed by atoms with Crippen LogP contribution in [0.1, 0.15) is 19.8 Å². The highest BCUT2D eigenvalue weighted by atomic mass is 32.2. The lowest BCUT2D eigenvalue weighted by Crippen LogP contribution is -2.30. The molecule has 0 fully saturated rings. The summed E-state index contributed by atoms with van der Waals surface area (Å²) in [6.07, 6.45) is 2.19. The number of aliphatic hydroxyl groups excluding tert-OH is 1. The highest BCUT2D eigenvalue weighted by Gasteiger charge is 2.20. The molecule has 0 radical (unpaired) electrons. The Morgan fingerprint density at radius 2 is 1.86 bits per heavy atom. The van der Waals surface area contributed by atoms with Gasteiger partial charge in [-0.05, 0) is 50.4 Å². The van der Waals surface area contributed by atoms with Crippen LogP contribution in [0.5, 0.6) is 0 Å². The van der Waals surface area contributed by atoms with Crippen LogP contribution in [-0.2, 0) is 4.43 Å². The maximum atomic E-state index is 8.60. The van der Waals surface area contributed by atoms with Gasteiger partial charge < -0.3 is 9.53 Å². The molecule has 4 heteroatoms. The SMILES string of the molecule is CCO[Si](C)(C)CCCSCCCO. The first-order valence-corrected chi connectivity index (χ1v) is 9.72. The van der Waals surface area contributed by atoms with Gasteiger partial charge in [-0.3, -0.25) is 0 Å². The normalized spacial score (nSPS) is 12.0. The van der Waals surface area contributed by atoms with Crippen LogP contribution < -0.4 is 0 Å². The molecule has 1 N–H and O–H groups in total. The first-order chi connectivity index (χ1) is 6.62. The van der Waals surface area contributed by atoms with E-state index in [1.54, 1.807) is 0 Å². The molecule has 0 bridgehead atoms. The molecule has 0 aliphatic carbocycles. The fourth-order valence-electron chi connectivity index (χ4n) is 1.33. The first-order valence-electron chi connectivity index (χ1n) is 5.45. The molecule has 2 nitrogen and oxygen atoms in total. The molecule has 0 spiro atoms. The summed E-state index contributed by atoms with van der Waals surface area (Å²) in [5.74, 6) is 2.30. The van der Waals surface area contributed by atoms with E-state index in [-0.39, 0.29) is 0 Å². The Balaban J connectivity index is 3.26. The molecule has 0 amide bonds. The van der Waals surface area contributed by atoms with Crippen molar-refractivity contribution in [2.75, 3.05) is 24.7 Å². The highest BCUT2D eigenvalue weighted by molar-refractivity contribution is 7.99. The van der Waals surface area contributed by atoms with Gasteiger partial charge in [-0.15, -0.1) is 0 Å². The monoisotopic (exact) mass is 236 g/mol. The summed E-state index contributed by atoms with van der Waals surface area (Å²) >= 11 is 1.94. The molecular weight excluding hydrogens is 212 g/mol. The summed E-state index contributed by atoms with van der Waals surface area (Å²) in [5, 5.41) is 8.60. The zero-order valence-electron chi connectivity index (χ0n) is 9.71. The third-order valence-corrected chi connectivity index (χ3v) is 5.83. The van der Waals surface area contributed by atoms with E-state index in [2.05, 4.69) is 20.0 Å². The Morgan fingerprint density at radius 1 is 1.21 bits per heavy atom. The van der Waals surface area contributed by atoms with Gasteiger partial charge in [0.1, 0.15) is 0 Å². The smallest absolute Gasteiger partial charge is 0.186 e.